The first-order valence-electron chi connectivity index (χ1n) is 6.01. The Morgan fingerprint density at radius 2 is 2.29 bits per heavy atom. The summed E-state index contributed by atoms with van der Waals surface area (Å²) in [4.78, 5) is 2.32. The van der Waals surface area contributed by atoms with Crippen LogP contribution in [-0.4, -0.2) is 43.3 Å². The second-order valence-electron chi connectivity index (χ2n) is 4.63. The van der Waals surface area contributed by atoms with Gasteiger partial charge in [-0.25, -0.2) is 0 Å². The van der Waals surface area contributed by atoms with Gasteiger partial charge < -0.3 is 20.1 Å². The SMILES string of the molecule is COc1ccc(NC2CCCN(C)C2)cc1O. The van der Waals surface area contributed by atoms with E-state index in [0.29, 0.717) is 11.8 Å². The van der Waals surface area contributed by atoms with Crippen molar-refractivity contribution >= 4 is 5.69 Å². The van der Waals surface area contributed by atoms with Gasteiger partial charge in [0.25, 0.3) is 0 Å². The van der Waals surface area contributed by atoms with E-state index in [4.69, 9.17) is 4.74 Å². The van der Waals surface area contributed by atoms with Gasteiger partial charge >= 0.3 is 0 Å². The summed E-state index contributed by atoms with van der Waals surface area (Å²) in [6.45, 7) is 2.22. The van der Waals surface area contributed by atoms with Crippen molar-refractivity contribution in [2.45, 2.75) is 18.9 Å². The van der Waals surface area contributed by atoms with Crippen LogP contribution in [0.4, 0.5) is 5.69 Å². The highest BCUT2D eigenvalue weighted by molar-refractivity contribution is 5.54. The summed E-state index contributed by atoms with van der Waals surface area (Å²) in [5, 5.41) is 13.1. The van der Waals surface area contributed by atoms with Crippen molar-refractivity contribution in [3.63, 3.8) is 0 Å². The Labute approximate surface area is 102 Å². The number of phenolic OH excluding ortho intramolecular Hbond substituents is 1. The van der Waals surface area contributed by atoms with Crippen LogP contribution in [0.5, 0.6) is 11.5 Å². The minimum absolute atomic E-state index is 0.182. The highest BCUT2D eigenvalue weighted by atomic mass is 16.5. The highest BCUT2D eigenvalue weighted by Gasteiger charge is 2.17. The fourth-order valence-corrected chi connectivity index (χ4v) is 2.30. The molecule has 0 radical (unpaired) electrons. The number of likely N-dealkylation sites (tertiary alicyclic amines) is 1. The molecular weight excluding hydrogens is 216 g/mol. The van der Waals surface area contributed by atoms with Gasteiger partial charge in [-0.1, -0.05) is 0 Å². The van der Waals surface area contributed by atoms with E-state index in [1.165, 1.54) is 19.4 Å². The van der Waals surface area contributed by atoms with Crippen molar-refractivity contribution in [2.24, 2.45) is 0 Å². The maximum absolute atomic E-state index is 9.70. The molecule has 1 atom stereocenters. The Bertz CT molecular complexity index is 382. The van der Waals surface area contributed by atoms with Crippen LogP contribution in [0, 0.1) is 0 Å². The van der Waals surface area contributed by atoms with Gasteiger partial charge in [0.2, 0.25) is 0 Å². The maximum atomic E-state index is 9.70. The zero-order valence-electron chi connectivity index (χ0n) is 10.4. The van der Waals surface area contributed by atoms with E-state index in [1.54, 1.807) is 19.2 Å². The average molecular weight is 236 g/mol. The molecule has 1 fully saturated rings. The number of aromatic hydroxyl groups is 1. The number of nitrogens with one attached hydrogen (secondary N) is 1. The van der Waals surface area contributed by atoms with Crippen LogP contribution < -0.4 is 10.1 Å². The fourth-order valence-electron chi connectivity index (χ4n) is 2.30. The third kappa shape index (κ3) is 3.03. The molecule has 0 saturated carbocycles. The van der Waals surface area contributed by atoms with Crippen molar-refractivity contribution in [1.82, 2.24) is 4.90 Å². The number of piperidine rings is 1. The first kappa shape index (κ1) is 12.0. The van der Waals surface area contributed by atoms with Crippen LogP contribution in [0.1, 0.15) is 12.8 Å². The maximum Gasteiger partial charge on any atom is 0.160 e. The molecule has 0 spiro atoms. The molecule has 4 heteroatoms. The lowest BCUT2D eigenvalue weighted by Crippen LogP contribution is -2.39. The zero-order chi connectivity index (χ0) is 12.3. The van der Waals surface area contributed by atoms with Gasteiger partial charge in [0.1, 0.15) is 0 Å². The number of hydrogen-bond donors (Lipinski definition) is 2. The Kier molecular flexibility index (Phi) is 3.74. The third-order valence-corrected chi connectivity index (χ3v) is 3.17. The minimum Gasteiger partial charge on any atom is -0.504 e. The predicted octanol–water partition coefficient (Wildman–Crippen LogP) is 1.91. The van der Waals surface area contributed by atoms with Crippen LogP contribution >= 0.6 is 0 Å². The lowest BCUT2D eigenvalue weighted by molar-refractivity contribution is 0.261. The summed E-state index contributed by atoms with van der Waals surface area (Å²) in [5.74, 6) is 0.693. The summed E-state index contributed by atoms with van der Waals surface area (Å²) < 4.78 is 5.02. The fraction of sp³-hybridized carbons (Fsp3) is 0.538. The first-order valence-corrected chi connectivity index (χ1v) is 6.01. The molecule has 0 aliphatic carbocycles. The molecule has 0 aromatic heterocycles. The monoisotopic (exact) mass is 236 g/mol. The molecule has 1 aromatic carbocycles. The number of anilines is 1. The third-order valence-electron chi connectivity index (χ3n) is 3.17. The largest absolute Gasteiger partial charge is 0.504 e. The van der Waals surface area contributed by atoms with Crippen molar-refractivity contribution in [2.75, 3.05) is 32.6 Å². The number of nitrogens with zero attached hydrogens (tertiary/aromatic N) is 1. The standard InChI is InChI=1S/C13H20N2O2/c1-15-7-3-4-11(9-15)14-10-5-6-13(17-2)12(16)8-10/h5-6,8,11,14,16H,3-4,7,9H2,1-2H3. The number of ether oxygens (including phenoxy) is 1. The average Bonchev–Trinajstić information content (AvgIpc) is 2.29. The number of hydrogen-bond acceptors (Lipinski definition) is 4. The van der Waals surface area contributed by atoms with Gasteiger partial charge in [-0.3, -0.25) is 0 Å². The Balaban J connectivity index is 2.00. The topological polar surface area (TPSA) is 44.7 Å². The van der Waals surface area contributed by atoms with Gasteiger partial charge in [0.05, 0.1) is 7.11 Å². The molecule has 0 amide bonds. The van der Waals surface area contributed by atoms with Crippen LogP contribution in [-0.2, 0) is 0 Å². The number of rotatable bonds is 3. The molecule has 1 aromatic rings. The molecule has 2 rings (SSSR count). The number of phenols is 1. The molecule has 94 valence electrons. The summed E-state index contributed by atoms with van der Waals surface area (Å²) in [6.07, 6.45) is 2.40. The van der Waals surface area contributed by atoms with Crippen LogP contribution in [0.2, 0.25) is 0 Å². The smallest absolute Gasteiger partial charge is 0.160 e. The van der Waals surface area contributed by atoms with Crippen molar-refractivity contribution < 1.29 is 9.84 Å². The Hall–Kier alpha value is -1.42. The van der Waals surface area contributed by atoms with Crippen LogP contribution in [0.15, 0.2) is 18.2 Å². The molecule has 1 saturated heterocycles. The van der Waals surface area contributed by atoms with Gasteiger partial charge in [-0.05, 0) is 38.6 Å². The second-order valence-corrected chi connectivity index (χ2v) is 4.63. The molecule has 1 unspecified atom stereocenters. The molecule has 1 aliphatic rings. The Morgan fingerprint density at radius 1 is 1.47 bits per heavy atom. The van der Waals surface area contributed by atoms with E-state index in [1.807, 2.05) is 6.07 Å². The first-order chi connectivity index (χ1) is 8.19. The van der Waals surface area contributed by atoms with Crippen LogP contribution in [0.3, 0.4) is 0 Å². The van der Waals surface area contributed by atoms with Crippen LogP contribution in [0.25, 0.3) is 0 Å². The van der Waals surface area contributed by atoms with Gasteiger partial charge in [-0.2, -0.15) is 0 Å². The van der Waals surface area contributed by atoms with E-state index in [9.17, 15) is 5.11 Å². The lowest BCUT2D eigenvalue weighted by Gasteiger charge is -2.30. The molecule has 1 heterocycles. The quantitative estimate of drug-likeness (QED) is 0.841. The Morgan fingerprint density at radius 3 is 2.94 bits per heavy atom. The molecule has 2 N–H and O–H groups in total. The normalized spacial score (nSPS) is 21.2. The van der Waals surface area contributed by atoms with Gasteiger partial charge in [-0.15, -0.1) is 0 Å². The molecular formula is C13H20N2O2. The van der Waals surface area contributed by atoms with Gasteiger partial charge in [0, 0.05) is 24.3 Å². The zero-order valence-corrected chi connectivity index (χ0v) is 10.4. The number of benzene rings is 1. The molecule has 1 aliphatic heterocycles. The summed E-state index contributed by atoms with van der Waals surface area (Å²) >= 11 is 0. The van der Waals surface area contributed by atoms with Crippen molar-refractivity contribution in [3.05, 3.63) is 18.2 Å². The summed E-state index contributed by atoms with van der Waals surface area (Å²) in [5.41, 5.74) is 0.948. The van der Waals surface area contributed by atoms with Gasteiger partial charge in [0.15, 0.2) is 11.5 Å². The summed E-state index contributed by atoms with van der Waals surface area (Å²) in [7, 11) is 3.69. The number of likely N-dealkylation sites (N-methyl/N-ethyl adjacent to an activating group) is 1. The molecule has 17 heavy (non-hydrogen) atoms. The summed E-state index contributed by atoms with van der Waals surface area (Å²) in [6, 6.07) is 5.90. The minimum atomic E-state index is 0.182. The second kappa shape index (κ2) is 5.27. The molecule has 0 bridgehead atoms. The van der Waals surface area contributed by atoms with E-state index in [0.717, 1.165) is 12.2 Å². The van der Waals surface area contributed by atoms with E-state index >= 15 is 0 Å². The number of methoxy groups -OCH3 is 1. The van der Waals surface area contributed by atoms with E-state index < -0.39 is 0 Å². The van der Waals surface area contributed by atoms with E-state index in [2.05, 4.69) is 17.3 Å². The van der Waals surface area contributed by atoms with Crippen molar-refractivity contribution in [3.8, 4) is 11.5 Å². The predicted molar refractivity (Wildman–Crippen MR) is 68.8 cm³/mol. The van der Waals surface area contributed by atoms with E-state index in [-0.39, 0.29) is 5.75 Å². The highest BCUT2D eigenvalue weighted by Crippen LogP contribution is 2.29. The lowest BCUT2D eigenvalue weighted by atomic mass is 10.1. The molecule has 4 nitrogen and oxygen atoms in total. The van der Waals surface area contributed by atoms with Crippen molar-refractivity contribution in [1.29, 1.82) is 0 Å².